The first-order valence-electron chi connectivity index (χ1n) is 6.06. The molecule has 1 nitrogen and oxygen atoms in total. The molecule has 1 unspecified atom stereocenters. The highest BCUT2D eigenvalue weighted by atomic mass is 127. The molecule has 2 rings (SSSR count). The second kappa shape index (κ2) is 6.31. The Balaban J connectivity index is 2.24. The molecule has 0 saturated carbocycles. The first-order chi connectivity index (χ1) is 9.75. The van der Waals surface area contributed by atoms with Crippen molar-refractivity contribution in [3.63, 3.8) is 0 Å². The smallest absolute Gasteiger partial charge is 0.388 e. The van der Waals surface area contributed by atoms with Crippen molar-refractivity contribution in [2.75, 3.05) is 0 Å². The van der Waals surface area contributed by atoms with Crippen LogP contribution in [0.2, 0.25) is 0 Å². The van der Waals surface area contributed by atoms with Crippen LogP contribution in [0, 0.1) is 9.39 Å². The third-order valence-corrected chi connectivity index (χ3v) is 3.69. The predicted octanol–water partition coefficient (Wildman–Crippen LogP) is 4.73. The lowest BCUT2D eigenvalue weighted by atomic mass is 9.99. The number of hydrogen-bond donors (Lipinski definition) is 1. The lowest BCUT2D eigenvalue weighted by Gasteiger charge is -2.14. The second-order valence-corrected chi connectivity index (χ2v) is 5.86. The SMILES string of the molecule is OC(Cc1ccc(I)cc1)c1cc(F)cc(C(F)(F)F)c1. The maximum absolute atomic E-state index is 13.3. The van der Waals surface area contributed by atoms with Crippen LogP contribution >= 0.6 is 22.6 Å². The first kappa shape index (κ1) is 16.2. The van der Waals surface area contributed by atoms with Gasteiger partial charge in [-0.25, -0.2) is 4.39 Å². The number of aliphatic hydroxyl groups excluding tert-OH is 1. The van der Waals surface area contributed by atoms with E-state index in [0.717, 1.165) is 21.3 Å². The van der Waals surface area contributed by atoms with E-state index >= 15 is 0 Å². The van der Waals surface area contributed by atoms with Crippen LogP contribution in [-0.2, 0) is 12.6 Å². The third kappa shape index (κ3) is 4.41. The Hall–Kier alpha value is -1.15. The van der Waals surface area contributed by atoms with Crippen molar-refractivity contribution in [1.82, 2.24) is 0 Å². The molecule has 0 bridgehead atoms. The molecule has 0 aliphatic rings. The Labute approximate surface area is 132 Å². The van der Waals surface area contributed by atoms with Crippen LogP contribution < -0.4 is 0 Å². The van der Waals surface area contributed by atoms with E-state index < -0.39 is 23.7 Å². The van der Waals surface area contributed by atoms with Crippen LogP contribution in [0.1, 0.15) is 22.8 Å². The Morgan fingerprint density at radius 2 is 1.67 bits per heavy atom. The number of hydrogen-bond acceptors (Lipinski definition) is 1. The molecule has 0 aliphatic carbocycles. The van der Waals surface area contributed by atoms with Crippen LogP contribution in [0.15, 0.2) is 42.5 Å². The van der Waals surface area contributed by atoms with Gasteiger partial charge in [0.05, 0.1) is 11.7 Å². The number of halogens is 5. The van der Waals surface area contributed by atoms with Gasteiger partial charge in [0.1, 0.15) is 5.82 Å². The molecule has 2 aromatic carbocycles. The Morgan fingerprint density at radius 1 is 1.05 bits per heavy atom. The highest BCUT2D eigenvalue weighted by Gasteiger charge is 2.31. The minimum absolute atomic E-state index is 0.0825. The summed E-state index contributed by atoms with van der Waals surface area (Å²) in [6.45, 7) is 0. The van der Waals surface area contributed by atoms with Gasteiger partial charge in [0.15, 0.2) is 0 Å². The first-order valence-corrected chi connectivity index (χ1v) is 7.14. The van der Waals surface area contributed by atoms with Crippen molar-refractivity contribution in [2.45, 2.75) is 18.7 Å². The molecule has 21 heavy (non-hydrogen) atoms. The molecule has 112 valence electrons. The summed E-state index contributed by atoms with van der Waals surface area (Å²) in [6.07, 6.45) is -5.71. The quantitative estimate of drug-likeness (QED) is 0.574. The lowest BCUT2D eigenvalue weighted by Crippen LogP contribution is -2.09. The summed E-state index contributed by atoms with van der Waals surface area (Å²) >= 11 is 2.12. The minimum Gasteiger partial charge on any atom is -0.388 e. The van der Waals surface area contributed by atoms with Gasteiger partial charge in [0, 0.05) is 9.99 Å². The van der Waals surface area contributed by atoms with Gasteiger partial charge in [-0.3, -0.25) is 0 Å². The topological polar surface area (TPSA) is 20.2 Å². The summed E-state index contributed by atoms with van der Waals surface area (Å²) in [5.41, 5.74) is -0.416. The lowest BCUT2D eigenvalue weighted by molar-refractivity contribution is -0.137. The monoisotopic (exact) mass is 410 g/mol. The number of rotatable bonds is 3. The molecular weight excluding hydrogens is 399 g/mol. The van der Waals surface area contributed by atoms with E-state index in [2.05, 4.69) is 22.6 Å². The van der Waals surface area contributed by atoms with Gasteiger partial charge in [0.25, 0.3) is 0 Å². The van der Waals surface area contributed by atoms with Crippen molar-refractivity contribution in [1.29, 1.82) is 0 Å². The molecule has 0 heterocycles. The Kier molecular flexibility index (Phi) is 4.88. The zero-order valence-electron chi connectivity index (χ0n) is 10.7. The Morgan fingerprint density at radius 3 is 2.24 bits per heavy atom. The molecule has 6 heteroatoms. The normalized spacial score (nSPS) is 13.2. The van der Waals surface area contributed by atoms with Gasteiger partial charge in [-0.1, -0.05) is 12.1 Å². The molecule has 0 radical (unpaired) electrons. The molecule has 0 amide bonds. The standard InChI is InChI=1S/C15H11F4IO/c16-12-7-10(6-11(8-12)15(17,18)19)14(21)5-9-1-3-13(20)4-2-9/h1-4,6-8,14,21H,5H2. The summed E-state index contributed by atoms with van der Waals surface area (Å²) < 4.78 is 52.2. The fourth-order valence-corrected chi connectivity index (χ4v) is 2.29. The van der Waals surface area contributed by atoms with E-state index in [9.17, 15) is 22.7 Å². The predicted molar refractivity (Wildman–Crippen MR) is 79.2 cm³/mol. The zero-order chi connectivity index (χ0) is 15.6. The highest BCUT2D eigenvalue weighted by molar-refractivity contribution is 14.1. The molecule has 0 saturated heterocycles. The molecule has 1 N–H and O–H groups in total. The molecule has 0 fully saturated rings. The van der Waals surface area contributed by atoms with E-state index in [1.54, 1.807) is 12.1 Å². The second-order valence-electron chi connectivity index (χ2n) is 4.62. The van der Waals surface area contributed by atoms with Crippen molar-refractivity contribution < 1.29 is 22.7 Å². The average Bonchev–Trinajstić information content (AvgIpc) is 2.39. The van der Waals surface area contributed by atoms with Gasteiger partial charge in [-0.05, 0) is 64.0 Å². The van der Waals surface area contributed by atoms with E-state index in [4.69, 9.17) is 0 Å². The van der Waals surface area contributed by atoms with E-state index in [0.29, 0.717) is 6.07 Å². The number of alkyl halides is 3. The van der Waals surface area contributed by atoms with Crippen LogP contribution in [0.5, 0.6) is 0 Å². The van der Waals surface area contributed by atoms with Gasteiger partial charge in [0.2, 0.25) is 0 Å². The molecule has 0 aromatic heterocycles. The molecular formula is C15H11F4IO. The van der Waals surface area contributed by atoms with Crippen LogP contribution in [0.3, 0.4) is 0 Å². The fourth-order valence-electron chi connectivity index (χ4n) is 1.93. The minimum atomic E-state index is -4.64. The van der Waals surface area contributed by atoms with Crippen molar-refractivity contribution in [3.8, 4) is 0 Å². The summed E-state index contributed by atoms with van der Waals surface area (Å²) in [4.78, 5) is 0. The largest absolute Gasteiger partial charge is 0.416 e. The molecule has 0 aliphatic heterocycles. The zero-order valence-corrected chi connectivity index (χ0v) is 12.8. The summed E-state index contributed by atoms with van der Waals surface area (Å²) in [6, 6.07) is 9.32. The van der Waals surface area contributed by atoms with Crippen molar-refractivity contribution in [2.24, 2.45) is 0 Å². The van der Waals surface area contributed by atoms with Crippen LogP contribution in [-0.4, -0.2) is 5.11 Å². The Bertz CT molecular complexity index is 623. The highest BCUT2D eigenvalue weighted by Crippen LogP contribution is 2.32. The van der Waals surface area contributed by atoms with Gasteiger partial charge >= 0.3 is 6.18 Å². The van der Waals surface area contributed by atoms with Gasteiger partial charge in [-0.15, -0.1) is 0 Å². The number of aliphatic hydroxyl groups is 1. The average molecular weight is 410 g/mol. The molecule has 1 atom stereocenters. The summed E-state index contributed by atoms with van der Waals surface area (Å²) in [5.74, 6) is -1.01. The maximum Gasteiger partial charge on any atom is 0.416 e. The van der Waals surface area contributed by atoms with Crippen molar-refractivity contribution >= 4 is 22.6 Å². The number of benzene rings is 2. The summed E-state index contributed by atoms with van der Waals surface area (Å²) in [5, 5.41) is 10.0. The fraction of sp³-hybridized carbons (Fsp3) is 0.200. The van der Waals surface area contributed by atoms with Gasteiger partial charge < -0.3 is 5.11 Å². The summed E-state index contributed by atoms with van der Waals surface area (Å²) in [7, 11) is 0. The van der Waals surface area contributed by atoms with Gasteiger partial charge in [-0.2, -0.15) is 13.2 Å². The van der Waals surface area contributed by atoms with E-state index in [-0.39, 0.29) is 12.0 Å². The van der Waals surface area contributed by atoms with E-state index in [1.807, 2.05) is 12.1 Å². The van der Waals surface area contributed by atoms with Crippen LogP contribution in [0.25, 0.3) is 0 Å². The maximum atomic E-state index is 13.3. The molecule has 0 spiro atoms. The molecule has 2 aromatic rings. The third-order valence-electron chi connectivity index (χ3n) is 2.97. The van der Waals surface area contributed by atoms with E-state index in [1.165, 1.54) is 0 Å². The van der Waals surface area contributed by atoms with Crippen LogP contribution in [0.4, 0.5) is 17.6 Å². The van der Waals surface area contributed by atoms with Crippen molar-refractivity contribution in [3.05, 3.63) is 68.5 Å².